The van der Waals surface area contributed by atoms with Crippen LogP contribution in [0.2, 0.25) is 0 Å². The molecule has 7 rings (SSSR count). The predicted molar refractivity (Wildman–Crippen MR) is 243 cm³/mol. The third kappa shape index (κ3) is 10.2. The first-order valence-electron chi connectivity index (χ1n) is 22.3. The van der Waals surface area contributed by atoms with Crippen molar-refractivity contribution in [3.63, 3.8) is 0 Å². The number of amides is 8. The maximum Gasteiger partial charge on any atom is 0.318 e. The maximum absolute atomic E-state index is 14.0. The van der Waals surface area contributed by atoms with Gasteiger partial charge in [0.2, 0.25) is 23.6 Å². The third-order valence-corrected chi connectivity index (χ3v) is 12.5. The first kappa shape index (κ1) is 44.9. The minimum absolute atomic E-state index is 0.197. The highest BCUT2D eigenvalue weighted by atomic mass is 16.2. The second-order valence-corrected chi connectivity index (χ2v) is 19.3. The molecule has 336 valence electrons. The summed E-state index contributed by atoms with van der Waals surface area (Å²) in [6.45, 7) is 15.7. The number of likely N-dealkylation sites (tertiary alicyclic amines) is 2. The normalized spacial score (nSPS) is 20.0. The Morgan fingerprint density at radius 3 is 1.35 bits per heavy atom. The Bertz CT molecular complexity index is 2020. The summed E-state index contributed by atoms with van der Waals surface area (Å²) in [5.74, 6) is -0.877. The van der Waals surface area contributed by atoms with E-state index >= 15 is 0 Å². The van der Waals surface area contributed by atoms with Crippen molar-refractivity contribution in [3.8, 4) is 0 Å². The van der Waals surface area contributed by atoms with Crippen molar-refractivity contribution in [1.29, 1.82) is 0 Å². The summed E-state index contributed by atoms with van der Waals surface area (Å²) < 4.78 is 0. The molecule has 0 aromatic heterocycles. The SMILES string of the molecule is CC(C)(C)C(C(=O)N1CCC[C@H]1C(=O)Nc1ccc(CN(Cc2ccc(NC(=O)[C@@H]3CCCN3C(=O)[C@@H](N3CCNC3=O)C(C)(C)C)cc2)c2ccccc2)cc1)N1CCNC1=O. The lowest BCUT2D eigenvalue weighted by Gasteiger charge is -2.39. The Kier molecular flexibility index (Phi) is 13.3. The van der Waals surface area contributed by atoms with Crippen LogP contribution in [0.15, 0.2) is 78.9 Å². The van der Waals surface area contributed by atoms with Crippen molar-refractivity contribution in [2.24, 2.45) is 10.8 Å². The fraction of sp³-hybridized carbons (Fsp3) is 0.500. The van der Waals surface area contributed by atoms with Gasteiger partial charge in [-0.1, -0.05) is 84.0 Å². The number of benzene rings is 3. The van der Waals surface area contributed by atoms with E-state index in [1.54, 1.807) is 19.6 Å². The van der Waals surface area contributed by atoms with E-state index in [1.165, 1.54) is 0 Å². The molecule has 0 aliphatic carbocycles. The maximum atomic E-state index is 14.0. The van der Waals surface area contributed by atoms with Gasteiger partial charge in [-0.2, -0.15) is 0 Å². The molecule has 15 heteroatoms. The molecule has 63 heavy (non-hydrogen) atoms. The monoisotopic (exact) mass is 861 g/mol. The van der Waals surface area contributed by atoms with E-state index in [2.05, 4.69) is 38.3 Å². The highest BCUT2D eigenvalue weighted by Crippen LogP contribution is 2.33. The molecule has 0 spiro atoms. The number of urea groups is 2. The molecular formula is C48H63N9O6. The lowest BCUT2D eigenvalue weighted by Crippen LogP contribution is -2.57. The molecule has 4 heterocycles. The summed E-state index contributed by atoms with van der Waals surface area (Å²) in [6.07, 6.45) is 2.52. The van der Waals surface area contributed by atoms with Crippen LogP contribution in [-0.4, -0.2) is 119 Å². The van der Waals surface area contributed by atoms with Gasteiger partial charge in [-0.25, -0.2) is 9.59 Å². The van der Waals surface area contributed by atoms with Crippen molar-refractivity contribution < 1.29 is 28.8 Å². The average Bonchev–Trinajstić information content (AvgIpc) is 4.08. The van der Waals surface area contributed by atoms with E-state index in [0.29, 0.717) is 89.4 Å². The number of nitrogens with one attached hydrogen (secondary N) is 4. The molecule has 4 fully saturated rings. The molecule has 0 radical (unpaired) electrons. The molecule has 15 nitrogen and oxygen atoms in total. The van der Waals surface area contributed by atoms with Crippen molar-refractivity contribution in [3.05, 3.63) is 90.0 Å². The van der Waals surface area contributed by atoms with Crippen LogP contribution in [0.5, 0.6) is 0 Å². The van der Waals surface area contributed by atoms with E-state index in [-0.39, 0.29) is 35.7 Å². The summed E-state index contributed by atoms with van der Waals surface area (Å²) in [5.41, 5.74) is 3.34. The van der Waals surface area contributed by atoms with Crippen LogP contribution in [0.1, 0.15) is 78.4 Å². The van der Waals surface area contributed by atoms with E-state index in [4.69, 9.17) is 0 Å². The van der Waals surface area contributed by atoms with Gasteiger partial charge in [0, 0.05) is 69.4 Å². The quantitative estimate of drug-likeness (QED) is 0.173. The van der Waals surface area contributed by atoms with Gasteiger partial charge in [-0.15, -0.1) is 0 Å². The largest absolute Gasteiger partial charge is 0.363 e. The van der Waals surface area contributed by atoms with Gasteiger partial charge in [0.15, 0.2) is 0 Å². The Labute approximate surface area is 370 Å². The van der Waals surface area contributed by atoms with Crippen LogP contribution >= 0.6 is 0 Å². The van der Waals surface area contributed by atoms with Gasteiger partial charge in [-0.3, -0.25) is 19.2 Å². The standard InChI is InChI=1S/C48H63N9O6/c1-47(2,3)39(56-28-24-49-45(56)62)43(60)54-26-10-14-37(54)41(58)51-34-20-16-32(17-21-34)30-53(36-12-8-7-9-13-36)31-33-18-22-35(23-19-33)52-42(59)38-15-11-27-55(38)44(61)40(48(4,5)6)57-29-25-50-46(57)63/h7-9,12-13,16-23,37-40H,10-11,14-15,24-31H2,1-6H3,(H,49,62)(H,50,63)(H,51,58)(H,52,59)/t37-,38-,39+,40?/m0/s1. The van der Waals surface area contributed by atoms with Gasteiger partial charge < -0.3 is 45.8 Å². The second-order valence-electron chi connectivity index (χ2n) is 19.3. The fourth-order valence-electron chi connectivity index (χ4n) is 9.48. The minimum atomic E-state index is -0.675. The molecule has 3 aromatic carbocycles. The molecule has 1 unspecified atom stereocenters. The zero-order valence-corrected chi connectivity index (χ0v) is 37.5. The number of para-hydroxylation sites is 1. The van der Waals surface area contributed by atoms with Crippen LogP contribution in [0, 0.1) is 10.8 Å². The summed E-state index contributed by atoms with van der Waals surface area (Å²) in [6, 6.07) is 22.5. The van der Waals surface area contributed by atoms with Gasteiger partial charge >= 0.3 is 12.1 Å². The summed E-state index contributed by atoms with van der Waals surface area (Å²) in [7, 11) is 0. The number of anilines is 3. The Morgan fingerprint density at radius 2 is 1.00 bits per heavy atom. The molecule has 4 aliphatic rings. The molecule has 4 saturated heterocycles. The Morgan fingerprint density at radius 1 is 0.603 bits per heavy atom. The summed E-state index contributed by atoms with van der Waals surface area (Å²) >= 11 is 0. The zero-order chi connectivity index (χ0) is 45.1. The Balaban J connectivity index is 0.972. The van der Waals surface area contributed by atoms with E-state index < -0.39 is 35.0 Å². The number of hydrogen-bond donors (Lipinski definition) is 4. The van der Waals surface area contributed by atoms with Crippen LogP contribution in [0.4, 0.5) is 26.7 Å². The van der Waals surface area contributed by atoms with Gasteiger partial charge in [-0.05, 0) is 84.0 Å². The van der Waals surface area contributed by atoms with Crippen LogP contribution in [0.3, 0.4) is 0 Å². The summed E-state index contributed by atoms with van der Waals surface area (Å²) in [5, 5.41) is 11.7. The zero-order valence-electron chi connectivity index (χ0n) is 37.5. The van der Waals surface area contributed by atoms with Crippen molar-refractivity contribution in [2.75, 3.05) is 54.8 Å². The Hall–Kier alpha value is -6.12. The topological polar surface area (TPSA) is 167 Å². The van der Waals surface area contributed by atoms with Crippen LogP contribution in [-0.2, 0) is 32.3 Å². The first-order valence-corrected chi connectivity index (χ1v) is 22.3. The highest BCUT2D eigenvalue weighted by Gasteiger charge is 2.48. The van der Waals surface area contributed by atoms with Gasteiger partial charge in [0.25, 0.3) is 0 Å². The molecule has 4 aliphatic heterocycles. The van der Waals surface area contributed by atoms with E-state index in [9.17, 15) is 28.8 Å². The molecule has 8 amide bonds. The lowest BCUT2D eigenvalue weighted by molar-refractivity contribution is -0.143. The molecule has 3 aromatic rings. The molecule has 4 N–H and O–H groups in total. The average molecular weight is 862 g/mol. The lowest BCUT2D eigenvalue weighted by atomic mass is 9.84. The van der Waals surface area contributed by atoms with E-state index in [0.717, 1.165) is 16.8 Å². The van der Waals surface area contributed by atoms with Gasteiger partial charge in [0.1, 0.15) is 24.2 Å². The second kappa shape index (κ2) is 18.7. The van der Waals surface area contributed by atoms with Crippen LogP contribution < -0.4 is 26.2 Å². The molecular weight excluding hydrogens is 799 g/mol. The minimum Gasteiger partial charge on any atom is -0.363 e. The molecule has 0 saturated carbocycles. The number of rotatable bonds is 13. The first-order chi connectivity index (χ1) is 30.0. The molecule has 0 bridgehead atoms. The number of carbonyl (C=O) groups excluding carboxylic acids is 6. The van der Waals surface area contributed by atoms with E-state index in [1.807, 2.05) is 108 Å². The van der Waals surface area contributed by atoms with Crippen molar-refractivity contribution >= 4 is 52.8 Å². The summed E-state index contributed by atoms with van der Waals surface area (Å²) in [4.78, 5) is 89.3. The predicted octanol–water partition coefficient (Wildman–Crippen LogP) is 5.63. The number of hydrogen-bond acceptors (Lipinski definition) is 7. The number of nitrogens with zero attached hydrogens (tertiary/aromatic N) is 5. The number of carbonyl (C=O) groups is 6. The highest BCUT2D eigenvalue weighted by molar-refractivity contribution is 6.00. The van der Waals surface area contributed by atoms with Gasteiger partial charge in [0.05, 0.1) is 0 Å². The van der Waals surface area contributed by atoms with Crippen molar-refractivity contribution in [2.45, 2.75) is 104 Å². The fourth-order valence-corrected chi connectivity index (χ4v) is 9.48. The van der Waals surface area contributed by atoms with Crippen molar-refractivity contribution in [1.82, 2.24) is 30.2 Å². The van der Waals surface area contributed by atoms with Crippen LogP contribution in [0.25, 0.3) is 0 Å². The third-order valence-electron chi connectivity index (χ3n) is 12.5. The smallest absolute Gasteiger partial charge is 0.318 e. The molecule has 4 atom stereocenters.